The minimum atomic E-state index is -0.321. The maximum Gasteiger partial charge on any atom is 0.277 e. The zero-order chi connectivity index (χ0) is 17.9. The molecule has 0 atom stereocenters. The van der Waals surface area contributed by atoms with E-state index in [2.05, 4.69) is 10.5 Å². The van der Waals surface area contributed by atoms with Crippen molar-refractivity contribution in [2.45, 2.75) is 32.8 Å². The summed E-state index contributed by atoms with van der Waals surface area (Å²) < 4.78 is 11.5. The smallest absolute Gasteiger partial charge is 0.277 e. The largest absolute Gasteiger partial charge is 0.483 e. The van der Waals surface area contributed by atoms with Crippen LogP contribution in [0.2, 0.25) is 0 Å². The minimum Gasteiger partial charge on any atom is -0.483 e. The molecule has 3 rings (SSSR count). The summed E-state index contributed by atoms with van der Waals surface area (Å²) >= 11 is 0. The highest BCUT2D eigenvalue weighted by Crippen LogP contribution is 2.41. The topological polar surface area (TPSA) is 59.9 Å². The summed E-state index contributed by atoms with van der Waals surface area (Å²) in [5.41, 5.74) is 5.39. The predicted molar refractivity (Wildman–Crippen MR) is 97.3 cm³/mol. The van der Waals surface area contributed by atoms with Crippen LogP contribution in [0.3, 0.4) is 0 Å². The number of rotatable bonds is 5. The number of benzene rings is 2. The van der Waals surface area contributed by atoms with E-state index in [1.807, 2.05) is 63.2 Å². The maximum absolute atomic E-state index is 11.9. The number of fused-ring (bicyclic) bond motifs is 1. The molecule has 130 valence electrons. The Balaban J connectivity index is 1.55. The maximum atomic E-state index is 11.9. The van der Waals surface area contributed by atoms with Gasteiger partial charge in [-0.2, -0.15) is 5.10 Å². The lowest BCUT2D eigenvalue weighted by atomic mass is 10.0. The SMILES string of the molecule is Cc1cccc(C=NNC(=O)COc2cccc3c2OC(C)(C)C3)c1. The van der Waals surface area contributed by atoms with Crippen LogP contribution in [-0.2, 0) is 11.2 Å². The summed E-state index contributed by atoms with van der Waals surface area (Å²) in [6.45, 7) is 5.95. The number of carbonyl (C=O) groups is 1. The van der Waals surface area contributed by atoms with E-state index in [0.717, 1.165) is 28.9 Å². The van der Waals surface area contributed by atoms with Crippen LogP contribution in [0.1, 0.15) is 30.5 Å². The number of hydrogen-bond donors (Lipinski definition) is 1. The molecule has 0 fully saturated rings. The Kier molecular flexibility index (Phi) is 4.74. The molecule has 0 aliphatic carbocycles. The van der Waals surface area contributed by atoms with Gasteiger partial charge in [-0.3, -0.25) is 4.79 Å². The number of carbonyl (C=O) groups excluding carboxylic acids is 1. The number of hydrogen-bond acceptors (Lipinski definition) is 4. The zero-order valence-corrected chi connectivity index (χ0v) is 14.7. The molecule has 0 aromatic heterocycles. The Morgan fingerprint density at radius 1 is 1.32 bits per heavy atom. The molecule has 0 saturated carbocycles. The Labute approximate surface area is 147 Å². The van der Waals surface area contributed by atoms with E-state index in [0.29, 0.717) is 5.75 Å². The first-order valence-electron chi connectivity index (χ1n) is 8.25. The summed E-state index contributed by atoms with van der Waals surface area (Å²) in [4.78, 5) is 11.9. The highest BCUT2D eigenvalue weighted by Gasteiger charge is 2.32. The van der Waals surface area contributed by atoms with Gasteiger partial charge in [0, 0.05) is 12.0 Å². The number of nitrogens with zero attached hydrogens (tertiary/aromatic N) is 1. The number of amides is 1. The Morgan fingerprint density at radius 2 is 2.12 bits per heavy atom. The molecule has 0 bridgehead atoms. The molecule has 5 nitrogen and oxygen atoms in total. The first-order valence-corrected chi connectivity index (χ1v) is 8.25. The zero-order valence-electron chi connectivity index (χ0n) is 14.7. The van der Waals surface area contributed by atoms with Crippen LogP contribution in [0.25, 0.3) is 0 Å². The van der Waals surface area contributed by atoms with Crippen molar-refractivity contribution in [2.24, 2.45) is 5.10 Å². The summed E-state index contributed by atoms with van der Waals surface area (Å²) in [5, 5.41) is 3.95. The lowest BCUT2D eigenvalue weighted by Gasteiger charge is -2.18. The number of para-hydroxylation sites is 1. The molecule has 2 aromatic rings. The first kappa shape index (κ1) is 17.0. The van der Waals surface area contributed by atoms with Gasteiger partial charge in [-0.15, -0.1) is 0 Å². The van der Waals surface area contributed by atoms with Crippen molar-refractivity contribution in [3.63, 3.8) is 0 Å². The van der Waals surface area contributed by atoms with E-state index >= 15 is 0 Å². The van der Waals surface area contributed by atoms with Crippen LogP contribution < -0.4 is 14.9 Å². The summed E-state index contributed by atoms with van der Waals surface area (Å²) in [7, 11) is 0. The van der Waals surface area contributed by atoms with E-state index in [4.69, 9.17) is 9.47 Å². The van der Waals surface area contributed by atoms with Gasteiger partial charge >= 0.3 is 0 Å². The quantitative estimate of drug-likeness (QED) is 0.672. The lowest BCUT2D eigenvalue weighted by Crippen LogP contribution is -2.26. The molecule has 1 amide bonds. The van der Waals surface area contributed by atoms with Crippen LogP contribution in [-0.4, -0.2) is 24.3 Å². The highest BCUT2D eigenvalue weighted by atomic mass is 16.5. The average Bonchev–Trinajstić information content (AvgIpc) is 2.87. The van der Waals surface area contributed by atoms with E-state index in [-0.39, 0.29) is 18.1 Å². The van der Waals surface area contributed by atoms with Gasteiger partial charge in [-0.25, -0.2) is 5.43 Å². The second kappa shape index (κ2) is 6.97. The Hall–Kier alpha value is -2.82. The number of hydrazone groups is 1. The van der Waals surface area contributed by atoms with E-state index in [1.165, 1.54) is 0 Å². The van der Waals surface area contributed by atoms with E-state index in [9.17, 15) is 4.79 Å². The van der Waals surface area contributed by atoms with Gasteiger partial charge in [0.1, 0.15) is 5.60 Å². The second-order valence-electron chi connectivity index (χ2n) is 6.78. The first-order chi connectivity index (χ1) is 11.9. The van der Waals surface area contributed by atoms with Crippen LogP contribution in [0.5, 0.6) is 11.5 Å². The fourth-order valence-corrected chi connectivity index (χ4v) is 2.81. The van der Waals surface area contributed by atoms with Crippen LogP contribution in [0.15, 0.2) is 47.6 Å². The monoisotopic (exact) mass is 338 g/mol. The van der Waals surface area contributed by atoms with Crippen molar-refractivity contribution in [1.82, 2.24) is 5.43 Å². The number of nitrogens with one attached hydrogen (secondary N) is 1. The molecule has 2 aromatic carbocycles. The van der Waals surface area contributed by atoms with Crippen molar-refractivity contribution in [2.75, 3.05) is 6.61 Å². The summed E-state index contributed by atoms with van der Waals surface area (Å²) in [6, 6.07) is 13.6. The third-order valence-electron chi connectivity index (χ3n) is 3.86. The summed E-state index contributed by atoms with van der Waals surface area (Å²) in [5.74, 6) is 0.989. The Morgan fingerprint density at radius 3 is 2.92 bits per heavy atom. The molecule has 0 radical (unpaired) electrons. The van der Waals surface area contributed by atoms with Crippen LogP contribution >= 0.6 is 0 Å². The number of ether oxygens (including phenoxy) is 2. The average molecular weight is 338 g/mol. The van der Waals surface area contributed by atoms with Gasteiger partial charge in [0.05, 0.1) is 6.21 Å². The molecule has 0 unspecified atom stereocenters. The molecule has 25 heavy (non-hydrogen) atoms. The standard InChI is InChI=1S/C20H22N2O3/c1-14-6-4-7-15(10-14)12-21-22-18(23)13-24-17-9-5-8-16-11-20(2,3)25-19(16)17/h4-10,12H,11,13H2,1-3H3,(H,22,23). The van der Waals surface area contributed by atoms with E-state index in [1.54, 1.807) is 6.21 Å². The highest BCUT2D eigenvalue weighted by molar-refractivity contribution is 5.83. The van der Waals surface area contributed by atoms with Gasteiger partial charge in [-0.1, -0.05) is 42.0 Å². The van der Waals surface area contributed by atoms with Crippen molar-refractivity contribution >= 4 is 12.1 Å². The summed E-state index contributed by atoms with van der Waals surface area (Å²) in [6.07, 6.45) is 2.43. The lowest BCUT2D eigenvalue weighted by molar-refractivity contribution is -0.123. The van der Waals surface area contributed by atoms with Gasteiger partial charge in [0.15, 0.2) is 18.1 Å². The Bertz CT molecular complexity index is 812. The molecule has 1 N–H and O–H groups in total. The van der Waals surface area contributed by atoms with Crippen molar-refractivity contribution in [3.8, 4) is 11.5 Å². The normalized spacial score (nSPS) is 14.8. The number of aryl methyl sites for hydroxylation is 1. The molecular formula is C20H22N2O3. The van der Waals surface area contributed by atoms with Gasteiger partial charge in [0.2, 0.25) is 0 Å². The molecule has 0 saturated heterocycles. The van der Waals surface area contributed by atoms with Crippen molar-refractivity contribution in [3.05, 3.63) is 59.2 Å². The van der Waals surface area contributed by atoms with Gasteiger partial charge in [0.25, 0.3) is 5.91 Å². The van der Waals surface area contributed by atoms with Crippen molar-refractivity contribution < 1.29 is 14.3 Å². The molecular weight excluding hydrogens is 316 g/mol. The fourth-order valence-electron chi connectivity index (χ4n) is 2.81. The van der Waals surface area contributed by atoms with Gasteiger partial charge < -0.3 is 9.47 Å². The molecule has 0 spiro atoms. The third kappa shape index (κ3) is 4.38. The molecule has 1 aliphatic heterocycles. The minimum absolute atomic E-state index is 0.120. The van der Waals surface area contributed by atoms with Crippen LogP contribution in [0.4, 0.5) is 0 Å². The molecule has 1 aliphatic rings. The van der Waals surface area contributed by atoms with Crippen LogP contribution in [0, 0.1) is 6.92 Å². The van der Waals surface area contributed by atoms with Crippen molar-refractivity contribution in [1.29, 1.82) is 0 Å². The molecule has 1 heterocycles. The van der Waals surface area contributed by atoms with Gasteiger partial charge in [-0.05, 0) is 32.4 Å². The molecule has 5 heteroatoms. The third-order valence-corrected chi connectivity index (χ3v) is 3.86. The van der Waals surface area contributed by atoms with E-state index < -0.39 is 0 Å². The predicted octanol–water partition coefficient (Wildman–Crippen LogP) is 3.24. The fraction of sp³-hybridized carbons (Fsp3) is 0.300. The second-order valence-corrected chi connectivity index (χ2v) is 6.78.